The van der Waals surface area contributed by atoms with E-state index in [1.807, 2.05) is 6.92 Å². The number of amides is 2. The first-order valence-corrected chi connectivity index (χ1v) is 7.79. The molecule has 0 radical (unpaired) electrons. The summed E-state index contributed by atoms with van der Waals surface area (Å²) in [4.78, 5) is 17.3. The lowest BCUT2D eigenvalue weighted by Gasteiger charge is -2.18. The van der Waals surface area contributed by atoms with E-state index in [0.717, 1.165) is 0 Å². The van der Waals surface area contributed by atoms with Crippen molar-refractivity contribution in [1.82, 2.24) is 15.2 Å². The lowest BCUT2D eigenvalue weighted by atomic mass is 10.1. The van der Waals surface area contributed by atoms with E-state index in [9.17, 15) is 18.0 Å². The number of aromatic nitrogens is 1. The monoisotopic (exact) mass is 346 g/mol. The van der Waals surface area contributed by atoms with Crippen molar-refractivity contribution >= 4 is 11.7 Å². The molecule has 1 fully saturated rings. The Bertz CT molecular complexity index is 554. The van der Waals surface area contributed by atoms with Crippen LogP contribution in [0.3, 0.4) is 0 Å². The van der Waals surface area contributed by atoms with Gasteiger partial charge in [-0.2, -0.15) is 13.2 Å². The van der Waals surface area contributed by atoms with Crippen LogP contribution in [0.25, 0.3) is 0 Å². The second-order valence-electron chi connectivity index (χ2n) is 5.63. The minimum atomic E-state index is -4.18. The van der Waals surface area contributed by atoms with Crippen molar-refractivity contribution in [2.24, 2.45) is 5.92 Å². The maximum atomic E-state index is 12.4. The van der Waals surface area contributed by atoms with Crippen molar-refractivity contribution in [2.75, 3.05) is 38.1 Å². The number of alkyl halides is 3. The molecular formula is C15H21F3N4O2. The summed E-state index contributed by atoms with van der Waals surface area (Å²) in [5, 5.41) is 5.32. The Morgan fingerprint density at radius 1 is 1.50 bits per heavy atom. The van der Waals surface area contributed by atoms with Gasteiger partial charge in [-0.15, -0.1) is 0 Å². The average Bonchev–Trinajstić information content (AvgIpc) is 2.93. The number of anilines is 1. The summed E-state index contributed by atoms with van der Waals surface area (Å²) in [5.74, 6) is 0.339. The summed E-state index contributed by atoms with van der Waals surface area (Å²) in [6.45, 7) is 2.38. The number of likely N-dealkylation sites (tertiary alicyclic amines) is 1. The van der Waals surface area contributed by atoms with Gasteiger partial charge in [0.2, 0.25) is 5.88 Å². The third-order valence-corrected chi connectivity index (χ3v) is 3.62. The van der Waals surface area contributed by atoms with Crippen LogP contribution in [0, 0.1) is 5.92 Å². The fourth-order valence-electron chi connectivity index (χ4n) is 2.62. The van der Waals surface area contributed by atoms with Gasteiger partial charge in [0, 0.05) is 19.3 Å². The van der Waals surface area contributed by atoms with Crippen LogP contribution < -0.4 is 15.4 Å². The van der Waals surface area contributed by atoms with Gasteiger partial charge in [-0.3, -0.25) is 4.90 Å². The van der Waals surface area contributed by atoms with Crippen LogP contribution >= 0.6 is 0 Å². The second kappa shape index (κ2) is 8.18. The van der Waals surface area contributed by atoms with Gasteiger partial charge in [0.15, 0.2) is 0 Å². The van der Waals surface area contributed by atoms with Crippen LogP contribution in [-0.4, -0.2) is 54.9 Å². The molecule has 24 heavy (non-hydrogen) atoms. The number of hydrogen-bond acceptors (Lipinski definition) is 4. The SMILES string of the molecule is CCOc1ncccc1NC(=O)NC[C@H]1CCN(CC(F)(F)F)C1. The molecule has 1 aliphatic rings. The van der Waals surface area contributed by atoms with Crippen molar-refractivity contribution in [1.29, 1.82) is 0 Å². The molecule has 6 nitrogen and oxygen atoms in total. The molecule has 0 spiro atoms. The Morgan fingerprint density at radius 3 is 3.00 bits per heavy atom. The van der Waals surface area contributed by atoms with Gasteiger partial charge in [0.05, 0.1) is 13.2 Å². The van der Waals surface area contributed by atoms with Gasteiger partial charge in [-0.1, -0.05) is 0 Å². The fourth-order valence-corrected chi connectivity index (χ4v) is 2.62. The molecule has 0 unspecified atom stereocenters. The van der Waals surface area contributed by atoms with Crippen LogP contribution in [0.1, 0.15) is 13.3 Å². The maximum Gasteiger partial charge on any atom is 0.401 e. The zero-order valence-electron chi connectivity index (χ0n) is 13.4. The van der Waals surface area contributed by atoms with Gasteiger partial charge in [0.1, 0.15) is 5.69 Å². The molecule has 0 saturated carbocycles. The van der Waals surface area contributed by atoms with E-state index >= 15 is 0 Å². The molecule has 1 aromatic rings. The zero-order chi connectivity index (χ0) is 17.6. The van der Waals surface area contributed by atoms with Crippen molar-refractivity contribution in [2.45, 2.75) is 19.5 Å². The van der Waals surface area contributed by atoms with Crippen molar-refractivity contribution in [3.8, 4) is 5.88 Å². The van der Waals surface area contributed by atoms with Crippen LogP contribution in [0.4, 0.5) is 23.7 Å². The van der Waals surface area contributed by atoms with E-state index in [-0.39, 0.29) is 5.92 Å². The number of carbonyl (C=O) groups is 1. The predicted octanol–water partition coefficient (Wildman–Crippen LogP) is 2.49. The summed E-state index contributed by atoms with van der Waals surface area (Å²) < 4.78 is 42.4. The van der Waals surface area contributed by atoms with Crippen LogP contribution in [0.2, 0.25) is 0 Å². The van der Waals surface area contributed by atoms with E-state index in [1.165, 1.54) is 4.90 Å². The van der Waals surface area contributed by atoms with Crippen molar-refractivity contribution in [3.05, 3.63) is 18.3 Å². The predicted molar refractivity (Wildman–Crippen MR) is 83.0 cm³/mol. The molecule has 134 valence electrons. The molecule has 1 aliphatic heterocycles. The lowest BCUT2D eigenvalue weighted by molar-refractivity contribution is -0.143. The highest BCUT2D eigenvalue weighted by molar-refractivity contribution is 5.90. The molecular weight excluding hydrogens is 325 g/mol. The third-order valence-electron chi connectivity index (χ3n) is 3.62. The molecule has 0 aliphatic carbocycles. The van der Waals surface area contributed by atoms with Crippen LogP contribution in [-0.2, 0) is 0 Å². The van der Waals surface area contributed by atoms with Crippen molar-refractivity contribution in [3.63, 3.8) is 0 Å². The van der Waals surface area contributed by atoms with E-state index < -0.39 is 18.8 Å². The number of hydrogen-bond donors (Lipinski definition) is 2. The maximum absolute atomic E-state index is 12.4. The number of carbonyl (C=O) groups excluding carboxylic acids is 1. The van der Waals surface area contributed by atoms with Gasteiger partial charge < -0.3 is 15.4 Å². The number of urea groups is 1. The Kier molecular flexibility index (Phi) is 6.24. The number of rotatable bonds is 6. The zero-order valence-corrected chi connectivity index (χ0v) is 13.4. The number of halogens is 3. The van der Waals surface area contributed by atoms with Gasteiger partial charge >= 0.3 is 12.2 Å². The van der Waals surface area contributed by atoms with Gasteiger partial charge in [0.25, 0.3) is 0 Å². The quantitative estimate of drug-likeness (QED) is 0.831. The first-order valence-electron chi connectivity index (χ1n) is 7.79. The second-order valence-corrected chi connectivity index (χ2v) is 5.63. The topological polar surface area (TPSA) is 66.5 Å². The summed E-state index contributed by atoms with van der Waals surface area (Å²) >= 11 is 0. The van der Waals surface area contributed by atoms with E-state index in [4.69, 9.17) is 4.74 Å². The van der Waals surface area contributed by atoms with Gasteiger partial charge in [-0.25, -0.2) is 9.78 Å². The highest BCUT2D eigenvalue weighted by atomic mass is 19.4. The molecule has 2 rings (SSSR count). The molecule has 9 heteroatoms. The first kappa shape index (κ1) is 18.3. The number of nitrogens with zero attached hydrogens (tertiary/aromatic N) is 2. The molecule has 0 bridgehead atoms. The Labute approximate surface area is 138 Å². The number of nitrogens with one attached hydrogen (secondary N) is 2. The van der Waals surface area contributed by atoms with Crippen LogP contribution in [0.5, 0.6) is 5.88 Å². The minimum absolute atomic E-state index is 0.0124. The molecule has 0 aromatic carbocycles. The van der Waals surface area contributed by atoms with E-state index in [0.29, 0.717) is 44.2 Å². The Hall–Kier alpha value is -2.03. The number of pyridine rings is 1. The third kappa shape index (κ3) is 5.88. The summed E-state index contributed by atoms with van der Waals surface area (Å²) in [7, 11) is 0. The lowest BCUT2D eigenvalue weighted by Crippen LogP contribution is -2.36. The largest absolute Gasteiger partial charge is 0.476 e. The minimum Gasteiger partial charge on any atom is -0.476 e. The Morgan fingerprint density at radius 2 is 2.29 bits per heavy atom. The Balaban J connectivity index is 1.76. The summed E-state index contributed by atoms with van der Waals surface area (Å²) in [6.07, 6.45) is -2.00. The standard InChI is InChI=1S/C15H21F3N4O2/c1-2-24-13-12(4-3-6-19-13)21-14(23)20-8-11-5-7-22(9-11)10-15(16,17)18/h3-4,6,11H,2,5,7-10H2,1H3,(H2,20,21,23)/t11-/m1/s1. The summed E-state index contributed by atoms with van der Waals surface area (Å²) in [6, 6.07) is 2.90. The van der Waals surface area contributed by atoms with Crippen molar-refractivity contribution < 1.29 is 22.7 Å². The fraction of sp³-hybridized carbons (Fsp3) is 0.600. The van der Waals surface area contributed by atoms with Gasteiger partial charge in [-0.05, 0) is 37.9 Å². The molecule has 1 atom stereocenters. The smallest absolute Gasteiger partial charge is 0.401 e. The van der Waals surface area contributed by atoms with E-state index in [2.05, 4.69) is 15.6 Å². The highest BCUT2D eigenvalue weighted by Crippen LogP contribution is 2.23. The van der Waals surface area contributed by atoms with Crippen LogP contribution in [0.15, 0.2) is 18.3 Å². The normalized spacial score (nSPS) is 18.4. The molecule has 1 saturated heterocycles. The van der Waals surface area contributed by atoms with E-state index in [1.54, 1.807) is 18.3 Å². The highest BCUT2D eigenvalue weighted by Gasteiger charge is 2.34. The molecule has 1 aromatic heterocycles. The number of ether oxygens (including phenoxy) is 1. The summed E-state index contributed by atoms with van der Waals surface area (Å²) in [5.41, 5.74) is 0.446. The molecule has 2 N–H and O–H groups in total. The molecule has 2 amide bonds. The molecule has 2 heterocycles. The first-order chi connectivity index (χ1) is 11.4. The average molecular weight is 346 g/mol.